The zero-order chi connectivity index (χ0) is 10.6. The SMILES string of the molecule is Cc1ncc(C(C)NCC(C)CO)s1. The fraction of sp³-hybridized carbons (Fsp3) is 0.700. The molecule has 0 saturated heterocycles. The van der Waals surface area contributed by atoms with Crippen molar-refractivity contribution in [3.63, 3.8) is 0 Å². The van der Waals surface area contributed by atoms with Gasteiger partial charge in [-0.2, -0.15) is 0 Å². The largest absolute Gasteiger partial charge is 0.396 e. The van der Waals surface area contributed by atoms with E-state index in [1.165, 1.54) is 4.88 Å². The summed E-state index contributed by atoms with van der Waals surface area (Å²) in [5, 5.41) is 13.3. The van der Waals surface area contributed by atoms with Crippen molar-refractivity contribution in [3.8, 4) is 0 Å². The van der Waals surface area contributed by atoms with Gasteiger partial charge < -0.3 is 10.4 Å². The Morgan fingerprint density at radius 1 is 1.57 bits per heavy atom. The van der Waals surface area contributed by atoms with Gasteiger partial charge in [-0.3, -0.25) is 0 Å². The van der Waals surface area contributed by atoms with E-state index in [4.69, 9.17) is 5.11 Å². The van der Waals surface area contributed by atoms with Crippen LogP contribution in [-0.2, 0) is 0 Å². The highest BCUT2D eigenvalue weighted by Gasteiger charge is 2.09. The molecule has 0 aliphatic heterocycles. The molecule has 80 valence electrons. The topological polar surface area (TPSA) is 45.2 Å². The molecule has 0 bridgehead atoms. The van der Waals surface area contributed by atoms with Crippen molar-refractivity contribution in [2.75, 3.05) is 13.2 Å². The summed E-state index contributed by atoms with van der Waals surface area (Å²) >= 11 is 1.72. The maximum absolute atomic E-state index is 8.87. The third-order valence-corrected chi connectivity index (χ3v) is 3.25. The summed E-state index contributed by atoms with van der Waals surface area (Å²) in [5.74, 6) is 0.312. The zero-order valence-corrected chi connectivity index (χ0v) is 9.77. The van der Waals surface area contributed by atoms with E-state index in [9.17, 15) is 0 Å². The third-order valence-electron chi connectivity index (χ3n) is 2.15. The van der Waals surface area contributed by atoms with E-state index < -0.39 is 0 Å². The van der Waals surface area contributed by atoms with E-state index in [-0.39, 0.29) is 6.61 Å². The standard InChI is InChI=1S/C10H18N2OS/c1-7(6-13)4-11-8(2)10-5-12-9(3)14-10/h5,7-8,11,13H,4,6H2,1-3H3. The van der Waals surface area contributed by atoms with Gasteiger partial charge in [0.25, 0.3) is 0 Å². The molecule has 2 N–H and O–H groups in total. The first-order chi connectivity index (χ1) is 6.63. The predicted octanol–water partition coefficient (Wildman–Crippen LogP) is 1.73. The van der Waals surface area contributed by atoms with E-state index in [1.54, 1.807) is 11.3 Å². The van der Waals surface area contributed by atoms with Crippen LogP contribution < -0.4 is 5.32 Å². The summed E-state index contributed by atoms with van der Waals surface area (Å²) in [6.07, 6.45) is 1.92. The molecule has 0 spiro atoms. The molecule has 2 unspecified atom stereocenters. The minimum Gasteiger partial charge on any atom is -0.396 e. The molecular formula is C10H18N2OS. The van der Waals surface area contributed by atoms with Crippen LogP contribution in [0.1, 0.15) is 29.8 Å². The number of nitrogens with one attached hydrogen (secondary N) is 1. The van der Waals surface area contributed by atoms with Crippen molar-refractivity contribution >= 4 is 11.3 Å². The highest BCUT2D eigenvalue weighted by Crippen LogP contribution is 2.19. The fourth-order valence-electron chi connectivity index (χ4n) is 1.12. The molecule has 0 aliphatic rings. The number of thiazole rings is 1. The molecule has 2 atom stereocenters. The first kappa shape index (κ1) is 11.6. The Hall–Kier alpha value is -0.450. The fourth-order valence-corrected chi connectivity index (χ4v) is 1.93. The Morgan fingerprint density at radius 2 is 2.29 bits per heavy atom. The van der Waals surface area contributed by atoms with Gasteiger partial charge in [0.05, 0.1) is 5.01 Å². The minimum atomic E-state index is 0.238. The second kappa shape index (κ2) is 5.44. The molecule has 0 aliphatic carbocycles. The van der Waals surface area contributed by atoms with Gasteiger partial charge >= 0.3 is 0 Å². The second-order valence-electron chi connectivity index (χ2n) is 3.70. The molecular weight excluding hydrogens is 196 g/mol. The number of aliphatic hydroxyl groups excluding tert-OH is 1. The van der Waals surface area contributed by atoms with E-state index in [1.807, 2.05) is 20.0 Å². The van der Waals surface area contributed by atoms with Crippen LogP contribution in [0.3, 0.4) is 0 Å². The van der Waals surface area contributed by atoms with Crippen molar-refractivity contribution in [3.05, 3.63) is 16.1 Å². The third kappa shape index (κ3) is 3.36. The van der Waals surface area contributed by atoms with E-state index in [0.29, 0.717) is 12.0 Å². The maximum atomic E-state index is 8.87. The highest BCUT2D eigenvalue weighted by atomic mass is 32.1. The van der Waals surface area contributed by atoms with E-state index in [2.05, 4.69) is 17.2 Å². The second-order valence-corrected chi connectivity index (χ2v) is 4.97. The lowest BCUT2D eigenvalue weighted by atomic mass is 10.2. The molecule has 0 saturated carbocycles. The Morgan fingerprint density at radius 3 is 2.79 bits per heavy atom. The van der Waals surface area contributed by atoms with Crippen LogP contribution in [-0.4, -0.2) is 23.2 Å². The van der Waals surface area contributed by atoms with Crippen LogP contribution in [0, 0.1) is 12.8 Å². The van der Waals surface area contributed by atoms with Gasteiger partial charge in [0.1, 0.15) is 0 Å². The number of rotatable bonds is 5. The molecule has 4 heteroatoms. The summed E-state index contributed by atoms with van der Waals surface area (Å²) in [4.78, 5) is 5.47. The maximum Gasteiger partial charge on any atom is 0.0897 e. The summed E-state index contributed by atoms with van der Waals surface area (Å²) < 4.78 is 0. The Balaban J connectivity index is 2.39. The molecule has 1 aromatic rings. The van der Waals surface area contributed by atoms with Crippen LogP contribution in [0.15, 0.2) is 6.20 Å². The molecule has 1 aromatic heterocycles. The van der Waals surface area contributed by atoms with Crippen molar-refractivity contribution in [1.29, 1.82) is 0 Å². The van der Waals surface area contributed by atoms with Gasteiger partial charge in [-0.05, 0) is 19.8 Å². The highest BCUT2D eigenvalue weighted by molar-refractivity contribution is 7.11. The molecule has 0 aromatic carbocycles. The first-order valence-electron chi connectivity index (χ1n) is 4.90. The van der Waals surface area contributed by atoms with Gasteiger partial charge in [-0.1, -0.05) is 6.92 Å². The van der Waals surface area contributed by atoms with Crippen LogP contribution in [0.4, 0.5) is 0 Å². The van der Waals surface area contributed by atoms with Gasteiger partial charge in [0, 0.05) is 30.3 Å². The van der Waals surface area contributed by atoms with Crippen LogP contribution in [0.25, 0.3) is 0 Å². The number of hydrogen-bond acceptors (Lipinski definition) is 4. The van der Waals surface area contributed by atoms with E-state index in [0.717, 1.165) is 11.6 Å². The first-order valence-corrected chi connectivity index (χ1v) is 5.71. The van der Waals surface area contributed by atoms with Gasteiger partial charge in [0.15, 0.2) is 0 Å². The molecule has 1 heterocycles. The van der Waals surface area contributed by atoms with Gasteiger partial charge in [0.2, 0.25) is 0 Å². The molecule has 0 fully saturated rings. The average Bonchev–Trinajstić information content (AvgIpc) is 2.60. The molecule has 3 nitrogen and oxygen atoms in total. The lowest BCUT2D eigenvalue weighted by Gasteiger charge is -2.14. The quantitative estimate of drug-likeness (QED) is 0.784. The van der Waals surface area contributed by atoms with Crippen molar-refractivity contribution < 1.29 is 5.11 Å². The smallest absolute Gasteiger partial charge is 0.0897 e. The summed E-state index contributed by atoms with van der Waals surface area (Å²) in [5.41, 5.74) is 0. The minimum absolute atomic E-state index is 0.238. The summed E-state index contributed by atoms with van der Waals surface area (Å²) in [6.45, 7) is 7.24. The molecule has 0 amide bonds. The monoisotopic (exact) mass is 214 g/mol. The number of hydrogen-bond donors (Lipinski definition) is 2. The van der Waals surface area contributed by atoms with Crippen molar-refractivity contribution in [2.45, 2.75) is 26.8 Å². The van der Waals surface area contributed by atoms with Gasteiger partial charge in [-0.25, -0.2) is 4.98 Å². The van der Waals surface area contributed by atoms with Crippen LogP contribution >= 0.6 is 11.3 Å². The van der Waals surface area contributed by atoms with Crippen LogP contribution in [0.5, 0.6) is 0 Å². The zero-order valence-electron chi connectivity index (χ0n) is 8.95. The molecule has 0 radical (unpaired) electrons. The van der Waals surface area contributed by atoms with E-state index >= 15 is 0 Å². The Labute approximate surface area is 89.2 Å². The number of aryl methyl sites for hydroxylation is 1. The lowest BCUT2D eigenvalue weighted by Crippen LogP contribution is -2.25. The summed E-state index contributed by atoms with van der Waals surface area (Å²) in [7, 11) is 0. The molecule has 1 rings (SSSR count). The lowest BCUT2D eigenvalue weighted by molar-refractivity contribution is 0.231. The van der Waals surface area contributed by atoms with Gasteiger partial charge in [-0.15, -0.1) is 11.3 Å². The average molecular weight is 214 g/mol. The molecule has 14 heavy (non-hydrogen) atoms. The number of nitrogens with zero attached hydrogens (tertiary/aromatic N) is 1. The summed E-state index contributed by atoms with van der Waals surface area (Å²) in [6, 6.07) is 0.329. The number of aliphatic hydroxyl groups is 1. The normalized spacial score (nSPS) is 15.4. The van der Waals surface area contributed by atoms with Crippen molar-refractivity contribution in [1.82, 2.24) is 10.3 Å². The Kier molecular flexibility index (Phi) is 4.51. The van der Waals surface area contributed by atoms with Crippen molar-refractivity contribution in [2.24, 2.45) is 5.92 Å². The Bertz CT molecular complexity index is 275. The predicted molar refractivity (Wildman–Crippen MR) is 59.5 cm³/mol. The van der Waals surface area contributed by atoms with Crippen LogP contribution in [0.2, 0.25) is 0 Å². The number of aromatic nitrogens is 1.